The van der Waals surface area contributed by atoms with Crippen LogP contribution in [0.3, 0.4) is 0 Å². The number of urea groups is 1. The molecule has 26 heavy (non-hydrogen) atoms. The van der Waals surface area contributed by atoms with Crippen molar-refractivity contribution in [3.8, 4) is 17.2 Å². The van der Waals surface area contributed by atoms with Crippen molar-refractivity contribution < 1.29 is 14.1 Å². The van der Waals surface area contributed by atoms with E-state index in [1.54, 1.807) is 7.11 Å². The molecule has 1 aliphatic rings. The van der Waals surface area contributed by atoms with E-state index in [0.29, 0.717) is 36.5 Å². The minimum atomic E-state index is 0.0215. The molecule has 1 saturated heterocycles. The molecule has 7 heteroatoms. The molecule has 3 rings (SSSR count). The van der Waals surface area contributed by atoms with Gasteiger partial charge >= 0.3 is 6.03 Å². The summed E-state index contributed by atoms with van der Waals surface area (Å²) in [6.07, 6.45) is 1.68. The molecule has 1 N–H and O–H groups in total. The molecular weight excluding hydrogens is 332 g/mol. The number of rotatable bonds is 6. The minimum absolute atomic E-state index is 0.0215. The third-order valence-corrected chi connectivity index (χ3v) is 4.51. The zero-order valence-electron chi connectivity index (χ0n) is 15.6. The zero-order valence-corrected chi connectivity index (χ0v) is 15.6. The lowest BCUT2D eigenvalue weighted by molar-refractivity contribution is 0.205. The number of ether oxygens (including phenoxy) is 1. The summed E-state index contributed by atoms with van der Waals surface area (Å²) in [6, 6.07) is 7.54. The first-order chi connectivity index (χ1) is 12.5. The molecule has 1 aromatic carbocycles. The minimum Gasteiger partial charge on any atom is -0.497 e. The van der Waals surface area contributed by atoms with E-state index in [0.717, 1.165) is 30.8 Å². The number of nitrogens with one attached hydrogen (secondary N) is 1. The number of amides is 2. The van der Waals surface area contributed by atoms with Crippen molar-refractivity contribution in [2.75, 3.05) is 26.7 Å². The van der Waals surface area contributed by atoms with E-state index in [1.807, 2.05) is 29.2 Å². The molecule has 1 unspecified atom stereocenters. The van der Waals surface area contributed by atoms with Crippen molar-refractivity contribution in [3.05, 3.63) is 30.1 Å². The molecule has 2 heterocycles. The second-order valence-corrected chi connectivity index (χ2v) is 7.13. The second-order valence-electron chi connectivity index (χ2n) is 7.13. The Morgan fingerprint density at radius 3 is 2.85 bits per heavy atom. The Bertz CT molecular complexity index is 727. The van der Waals surface area contributed by atoms with Crippen molar-refractivity contribution in [1.82, 2.24) is 20.4 Å². The van der Waals surface area contributed by atoms with Gasteiger partial charge in [0.25, 0.3) is 5.89 Å². The molecule has 140 valence electrons. The molecule has 0 radical (unpaired) electrons. The third kappa shape index (κ3) is 4.53. The Morgan fingerprint density at radius 2 is 2.15 bits per heavy atom. The highest BCUT2D eigenvalue weighted by Gasteiger charge is 2.27. The molecule has 2 amide bonds. The molecule has 7 nitrogen and oxygen atoms in total. The summed E-state index contributed by atoms with van der Waals surface area (Å²) >= 11 is 0. The molecule has 0 spiro atoms. The van der Waals surface area contributed by atoms with E-state index in [-0.39, 0.29) is 6.03 Å². The van der Waals surface area contributed by atoms with Gasteiger partial charge in [-0.1, -0.05) is 19.0 Å². The maximum atomic E-state index is 12.1. The van der Waals surface area contributed by atoms with E-state index < -0.39 is 0 Å². The molecule has 0 aliphatic carbocycles. The van der Waals surface area contributed by atoms with Gasteiger partial charge < -0.3 is 19.5 Å². The van der Waals surface area contributed by atoms with Gasteiger partial charge in [0.2, 0.25) is 0 Å². The van der Waals surface area contributed by atoms with Gasteiger partial charge in [0.15, 0.2) is 5.82 Å². The molecular formula is C19H26N4O3. The lowest BCUT2D eigenvalue weighted by Gasteiger charge is -2.18. The number of likely N-dealkylation sites (tertiary alicyclic amines) is 1. The summed E-state index contributed by atoms with van der Waals surface area (Å²) in [6.45, 7) is 6.39. The van der Waals surface area contributed by atoms with Crippen LogP contribution in [0.4, 0.5) is 4.79 Å². The number of carbonyl (C=O) groups is 1. The summed E-state index contributed by atoms with van der Waals surface area (Å²) in [4.78, 5) is 18.5. The molecule has 2 aromatic rings. The van der Waals surface area contributed by atoms with E-state index in [4.69, 9.17) is 9.26 Å². The first-order valence-corrected chi connectivity index (χ1v) is 9.05. The van der Waals surface area contributed by atoms with Crippen molar-refractivity contribution in [3.63, 3.8) is 0 Å². The van der Waals surface area contributed by atoms with Crippen LogP contribution in [0.1, 0.15) is 26.1 Å². The molecule has 1 aromatic heterocycles. The molecule has 0 bridgehead atoms. The van der Waals surface area contributed by atoms with Crippen LogP contribution < -0.4 is 10.1 Å². The molecule has 1 aliphatic heterocycles. The summed E-state index contributed by atoms with van der Waals surface area (Å²) in [5.74, 6) is 2.79. The smallest absolute Gasteiger partial charge is 0.317 e. The highest BCUT2D eigenvalue weighted by atomic mass is 16.5. The summed E-state index contributed by atoms with van der Waals surface area (Å²) in [7, 11) is 1.63. The maximum absolute atomic E-state index is 12.1. The maximum Gasteiger partial charge on any atom is 0.317 e. The lowest BCUT2D eigenvalue weighted by Crippen LogP contribution is -2.40. The van der Waals surface area contributed by atoms with Gasteiger partial charge in [-0.2, -0.15) is 4.98 Å². The van der Waals surface area contributed by atoms with Crippen LogP contribution in [0.25, 0.3) is 11.5 Å². The average Bonchev–Trinajstić information content (AvgIpc) is 3.30. The van der Waals surface area contributed by atoms with E-state index >= 15 is 0 Å². The number of hydrogen-bond donors (Lipinski definition) is 1. The van der Waals surface area contributed by atoms with Crippen LogP contribution in [0.5, 0.6) is 5.75 Å². The highest BCUT2D eigenvalue weighted by Crippen LogP contribution is 2.23. The fourth-order valence-corrected chi connectivity index (χ4v) is 3.03. The van der Waals surface area contributed by atoms with Crippen molar-refractivity contribution in [2.45, 2.75) is 26.7 Å². The second kappa shape index (κ2) is 8.21. The first-order valence-electron chi connectivity index (χ1n) is 9.05. The van der Waals surface area contributed by atoms with Crippen LogP contribution in [-0.4, -0.2) is 47.8 Å². The zero-order chi connectivity index (χ0) is 18.5. The largest absolute Gasteiger partial charge is 0.497 e. The summed E-state index contributed by atoms with van der Waals surface area (Å²) in [5.41, 5.74) is 0.866. The Balaban J connectivity index is 1.54. The summed E-state index contributed by atoms with van der Waals surface area (Å²) in [5, 5.41) is 7.06. The molecule has 0 saturated carbocycles. The summed E-state index contributed by atoms with van der Waals surface area (Å²) < 4.78 is 10.5. The Hall–Kier alpha value is -2.57. The highest BCUT2D eigenvalue weighted by molar-refractivity contribution is 5.74. The Labute approximate surface area is 153 Å². The van der Waals surface area contributed by atoms with Crippen LogP contribution in [0.15, 0.2) is 28.8 Å². The standard InChI is InChI=1S/C19H26N4O3/c1-13(2)11-20-19(24)23-9-8-14(12-23)10-17-21-18(26-22-17)15-4-6-16(25-3)7-5-15/h4-7,13-14H,8-12H2,1-3H3,(H,20,24). The predicted molar refractivity (Wildman–Crippen MR) is 97.9 cm³/mol. The number of carbonyl (C=O) groups excluding carboxylic acids is 1. The van der Waals surface area contributed by atoms with Crippen LogP contribution in [0, 0.1) is 11.8 Å². The average molecular weight is 358 g/mol. The van der Waals surface area contributed by atoms with E-state index in [1.165, 1.54) is 0 Å². The fourth-order valence-electron chi connectivity index (χ4n) is 3.03. The van der Waals surface area contributed by atoms with Gasteiger partial charge in [0, 0.05) is 31.6 Å². The van der Waals surface area contributed by atoms with E-state index in [2.05, 4.69) is 29.3 Å². The first kappa shape index (κ1) is 18.2. The quantitative estimate of drug-likeness (QED) is 0.859. The molecule has 1 fully saturated rings. The van der Waals surface area contributed by atoms with Gasteiger partial charge in [-0.05, 0) is 42.5 Å². The van der Waals surface area contributed by atoms with Crippen molar-refractivity contribution in [1.29, 1.82) is 0 Å². The monoisotopic (exact) mass is 358 g/mol. The number of methoxy groups -OCH3 is 1. The number of hydrogen-bond acceptors (Lipinski definition) is 5. The number of aromatic nitrogens is 2. The Morgan fingerprint density at radius 1 is 1.38 bits per heavy atom. The number of benzene rings is 1. The van der Waals surface area contributed by atoms with Gasteiger partial charge in [-0.3, -0.25) is 0 Å². The van der Waals surface area contributed by atoms with Gasteiger partial charge in [0.1, 0.15) is 5.75 Å². The SMILES string of the molecule is COc1ccc(-c2nc(CC3CCN(C(=O)NCC(C)C)C3)no2)cc1. The molecule has 1 atom stereocenters. The van der Waals surface area contributed by atoms with Gasteiger partial charge in [-0.15, -0.1) is 0 Å². The number of nitrogens with zero attached hydrogens (tertiary/aromatic N) is 3. The van der Waals surface area contributed by atoms with Crippen molar-refractivity contribution >= 4 is 6.03 Å². The lowest BCUT2D eigenvalue weighted by atomic mass is 10.1. The normalized spacial score (nSPS) is 16.9. The van der Waals surface area contributed by atoms with Crippen LogP contribution >= 0.6 is 0 Å². The van der Waals surface area contributed by atoms with Gasteiger partial charge in [-0.25, -0.2) is 4.79 Å². The van der Waals surface area contributed by atoms with Crippen LogP contribution in [0.2, 0.25) is 0 Å². The predicted octanol–water partition coefficient (Wildman–Crippen LogP) is 2.98. The van der Waals surface area contributed by atoms with Crippen LogP contribution in [-0.2, 0) is 6.42 Å². The topological polar surface area (TPSA) is 80.5 Å². The third-order valence-electron chi connectivity index (χ3n) is 4.51. The Kier molecular flexibility index (Phi) is 5.75. The fraction of sp³-hybridized carbons (Fsp3) is 0.526. The van der Waals surface area contributed by atoms with Gasteiger partial charge in [0.05, 0.1) is 7.11 Å². The van der Waals surface area contributed by atoms with E-state index in [9.17, 15) is 4.79 Å². The van der Waals surface area contributed by atoms with Crippen molar-refractivity contribution in [2.24, 2.45) is 11.8 Å².